The molecule has 1 N–H and O–H groups in total. The number of rotatable bonds is 5. The number of aryl methyl sites for hydroxylation is 1. The number of anilines is 1. The summed E-state index contributed by atoms with van der Waals surface area (Å²) in [7, 11) is 1.57. The average molecular weight is 296 g/mol. The van der Waals surface area contributed by atoms with Crippen molar-refractivity contribution in [3.05, 3.63) is 35.5 Å². The quantitative estimate of drug-likeness (QED) is 0.858. The van der Waals surface area contributed by atoms with Gasteiger partial charge in [-0.2, -0.15) is 0 Å². The summed E-state index contributed by atoms with van der Waals surface area (Å²) < 4.78 is 9.63. The van der Waals surface area contributed by atoms with Crippen molar-refractivity contribution in [3.8, 4) is 5.75 Å². The number of methoxy groups -OCH3 is 1. The number of aromatic nitrogens is 2. The average Bonchev–Trinajstić information content (AvgIpc) is 2.93. The van der Waals surface area contributed by atoms with Gasteiger partial charge in [0.05, 0.1) is 7.11 Å². The van der Waals surface area contributed by atoms with Crippen LogP contribution in [0.3, 0.4) is 0 Å². The predicted molar refractivity (Wildman–Crippen MR) is 73.9 cm³/mol. The smallest absolute Gasteiger partial charge is 0.248 e. The second-order valence-corrected chi connectivity index (χ2v) is 4.47. The Bertz CT molecular complexity index is 583. The van der Waals surface area contributed by atoms with Gasteiger partial charge >= 0.3 is 0 Å². The first-order valence-corrected chi connectivity index (χ1v) is 6.49. The lowest BCUT2D eigenvalue weighted by Crippen LogP contribution is -2.18. The van der Waals surface area contributed by atoms with Crippen LogP contribution in [0.1, 0.15) is 23.6 Å². The minimum absolute atomic E-state index is 0.302. The molecule has 1 atom stereocenters. The van der Waals surface area contributed by atoms with Crippen LogP contribution in [0.15, 0.2) is 28.9 Å². The topological polar surface area (TPSA) is 77.3 Å². The van der Waals surface area contributed by atoms with E-state index in [1.165, 1.54) is 0 Å². The molecule has 2 aromatic rings. The van der Waals surface area contributed by atoms with Gasteiger partial charge < -0.3 is 10.1 Å². The van der Waals surface area contributed by atoms with Crippen LogP contribution >= 0.6 is 11.6 Å². The largest absolute Gasteiger partial charge is 0.497 e. The van der Waals surface area contributed by atoms with Crippen LogP contribution in [-0.2, 0) is 11.2 Å². The van der Waals surface area contributed by atoms with Crippen molar-refractivity contribution in [1.29, 1.82) is 0 Å². The van der Waals surface area contributed by atoms with Gasteiger partial charge in [-0.1, -0.05) is 24.2 Å². The number of halogens is 1. The summed E-state index contributed by atoms with van der Waals surface area (Å²) in [6, 6.07) is 6.95. The molecule has 0 radical (unpaired) electrons. The number of amides is 1. The molecule has 106 valence electrons. The summed E-state index contributed by atoms with van der Waals surface area (Å²) in [6.07, 6.45) is 0.606. The van der Waals surface area contributed by atoms with Gasteiger partial charge in [0.25, 0.3) is 0 Å². The van der Waals surface area contributed by atoms with E-state index in [9.17, 15) is 4.79 Å². The lowest BCUT2D eigenvalue weighted by Gasteiger charge is -2.10. The number of ether oxygens (including phenoxy) is 1. The number of carbonyl (C=O) groups excluding carboxylic acids is 1. The van der Waals surface area contributed by atoms with Crippen molar-refractivity contribution in [2.24, 2.45) is 0 Å². The van der Waals surface area contributed by atoms with E-state index in [1.54, 1.807) is 31.4 Å². The second-order valence-electron chi connectivity index (χ2n) is 4.04. The third kappa shape index (κ3) is 3.08. The first-order valence-electron chi connectivity index (χ1n) is 6.06. The van der Waals surface area contributed by atoms with Gasteiger partial charge in [0, 0.05) is 0 Å². The molecule has 0 bridgehead atoms. The molecule has 0 fully saturated rings. The standard InChI is InChI=1S/C13H14ClN3O3/c1-3-10-12(17-20-16-10)15-13(18)11(14)8-4-6-9(19-2)7-5-8/h4-7,11H,3H2,1-2H3,(H,15,17,18). The highest BCUT2D eigenvalue weighted by molar-refractivity contribution is 6.32. The van der Waals surface area contributed by atoms with E-state index < -0.39 is 5.38 Å². The minimum Gasteiger partial charge on any atom is -0.497 e. The fourth-order valence-electron chi connectivity index (χ4n) is 1.64. The molecule has 1 aromatic carbocycles. The van der Waals surface area contributed by atoms with E-state index in [4.69, 9.17) is 16.3 Å². The molecule has 0 aliphatic carbocycles. The molecule has 0 saturated heterocycles. The number of hydrogen-bond acceptors (Lipinski definition) is 5. The summed E-state index contributed by atoms with van der Waals surface area (Å²) in [5, 5.41) is 9.08. The molecule has 1 unspecified atom stereocenters. The molecule has 1 heterocycles. The van der Waals surface area contributed by atoms with Crippen LogP contribution in [-0.4, -0.2) is 23.3 Å². The summed E-state index contributed by atoms with van der Waals surface area (Å²) in [4.78, 5) is 12.0. The number of nitrogens with one attached hydrogen (secondary N) is 1. The highest BCUT2D eigenvalue weighted by Crippen LogP contribution is 2.24. The number of nitrogens with zero attached hydrogens (tertiary/aromatic N) is 2. The number of hydrogen-bond donors (Lipinski definition) is 1. The molecular weight excluding hydrogens is 282 g/mol. The van der Waals surface area contributed by atoms with Crippen molar-refractivity contribution in [2.45, 2.75) is 18.7 Å². The van der Waals surface area contributed by atoms with E-state index in [1.807, 2.05) is 6.92 Å². The molecule has 1 aromatic heterocycles. The van der Waals surface area contributed by atoms with Gasteiger partial charge in [-0.25, -0.2) is 4.63 Å². The van der Waals surface area contributed by atoms with E-state index in [2.05, 4.69) is 20.3 Å². The van der Waals surface area contributed by atoms with Gasteiger partial charge in [-0.05, 0) is 29.3 Å². The van der Waals surface area contributed by atoms with E-state index >= 15 is 0 Å². The summed E-state index contributed by atoms with van der Waals surface area (Å²) >= 11 is 6.13. The molecular formula is C13H14ClN3O3. The van der Waals surface area contributed by atoms with Crippen LogP contribution in [0.2, 0.25) is 0 Å². The first kappa shape index (κ1) is 14.3. The summed E-state index contributed by atoms with van der Waals surface area (Å²) in [5.74, 6) is 0.617. The van der Waals surface area contributed by atoms with Gasteiger partial charge in [-0.3, -0.25) is 4.79 Å². The normalized spacial score (nSPS) is 11.9. The summed E-state index contributed by atoms with van der Waals surface area (Å²) in [5.41, 5.74) is 1.25. The van der Waals surface area contributed by atoms with Crippen LogP contribution in [0, 0.1) is 0 Å². The molecule has 0 spiro atoms. The Morgan fingerprint density at radius 3 is 2.70 bits per heavy atom. The molecule has 0 aliphatic heterocycles. The lowest BCUT2D eigenvalue weighted by molar-refractivity contribution is -0.116. The van der Waals surface area contributed by atoms with E-state index in [-0.39, 0.29) is 5.91 Å². The molecule has 0 saturated carbocycles. The van der Waals surface area contributed by atoms with Gasteiger partial charge in [-0.15, -0.1) is 11.6 Å². The molecule has 0 aliphatic rings. The third-order valence-corrected chi connectivity index (χ3v) is 3.22. The Morgan fingerprint density at radius 2 is 2.10 bits per heavy atom. The van der Waals surface area contributed by atoms with Crippen molar-refractivity contribution in [3.63, 3.8) is 0 Å². The fourth-order valence-corrected chi connectivity index (χ4v) is 1.84. The van der Waals surface area contributed by atoms with Crippen molar-refractivity contribution in [2.75, 3.05) is 12.4 Å². The Labute approximate surface area is 121 Å². The third-order valence-electron chi connectivity index (χ3n) is 2.77. The SMILES string of the molecule is CCc1nonc1NC(=O)C(Cl)c1ccc(OC)cc1. The van der Waals surface area contributed by atoms with Crippen molar-refractivity contribution in [1.82, 2.24) is 10.3 Å². The maximum atomic E-state index is 12.0. The minimum atomic E-state index is -0.831. The van der Waals surface area contributed by atoms with E-state index in [0.29, 0.717) is 29.2 Å². The molecule has 6 nitrogen and oxygen atoms in total. The van der Waals surface area contributed by atoms with E-state index in [0.717, 1.165) is 0 Å². The Kier molecular flexibility index (Phi) is 4.57. The maximum absolute atomic E-state index is 12.0. The fraction of sp³-hybridized carbons (Fsp3) is 0.308. The van der Waals surface area contributed by atoms with Crippen LogP contribution in [0.4, 0.5) is 5.82 Å². The van der Waals surface area contributed by atoms with Crippen LogP contribution in [0.25, 0.3) is 0 Å². The van der Waals surface area contributed by atoms with Gasteiger partial charge in [0.2, 0.25) is 11.7 Å². The Morgan fingerprint density at radius 1 is 1.40 bits per heavy atom. The van der Waals surface area contributed by atoms with Gasteiger partial charge in [0.1, 0.15) is 16.8 Å². The Balaban J connectivity index is 2.08. The first-order chi connectivity index (χ1) is 9.65. The number of alkyl halides is 1. The predicted octanol–water partition coefficient (Wildman–Crippen LogP) is 2.56. The van der Waals surface area contributed by atoms with Crippen molar-refractivity contribution >= 4 is 23.3 Å². The second kappa shape index (κ2) is 6.38. The maximum Gasteiger partial charge on any atom is 0.248 e. The highest BCUT2D eigenvalue weighted by Gasteiger charge is 2.20. The lowest BCUT2D eigenvalue weighted by atomic mass is 10.1. The zero-order valence-electron chi connectivity index (χ0n) is 11.1. The highest BCUT2D eigenvalue weighted by atomic mass is 35.5. The Hall–Kier alpha value is -2.08. The van der Waals surface area contributed by atoms with Crippen molar-refractivity contribution < 1.29 is 14.2 Å². The molecule has 7 heteroatoms. The monoisotopic (exact) mass is 295 g/mol. The summed E-state index contributed by atoms with van der Waals surface area (Å²) in [6.45, 7) is 1.89. The zero-order chi connectivity index (χ0) is 14.5. The molecule has 20 heavy (non-hydrogen) atoms. The van der Waals surface area contributed by atoms with Crippen LogP contribution in [0.5, 0.6) is 5.75 Å². The number of carbonyl (C=O) groups is 1. The zero-order valence-corrected chi connectivity index (χ0v) is 11.8. The molecule has 2 rings (SSSR count). The van der Waals surface area contributed by atoms with Crippen LogP contribution < -0.4 is 10.1 Å². The van der Waals surface area contributed by atoms with Gasteiger partial charge in [0.15, 0.2) is 0 Å². The number of benzene rings is 1. The molecule has 1 amide bonds.